The molecule has 0 saturated carbocycles. The number of nitrogens with one attached hydrogen (secondary N) is 2. The number of benzene rings is 1. The zero-order valence-electron chi connectivity index (χ0n) is 13.2. The summed E-state index contributed by atoms with van der Waals surface area (Å²) in [6, 6.07) is 8.23. The maximum atomic E-state index is 13.1. The van der Waals surface area contributed by atoms with Crippen LogP contribution in [-0.4, -0.2) is 30.8 Å². The highest BCUT2D eigenvalue weighted by atomic mass is 35.5. The standard InChI is InChI=1S/C16H20ClFN2O2.2ClH/c1-11(21)9-19-6-7-20-10-13-3-5-16(22-13)12-2-4-15(18)14(17)8-12;;/h2-5,8,11,19-21H,6-7,9-10H2,1H3;2*1H. The minimum atomic E-state index is -0.441. The summed E-state index contributed by atoms with van der Waals surface area (Å²) in [7, 11) is 0. The summed E-state index contributed by atoms with van der Waals surface area (Å²) in [5, 5.41) is 15.5. The second-order valence-electron chi connectivity index (χ2n) is 5.12. The number of hydrogen-bond donors (Lipinski definition) is 3. The van der Waals surface area contributed by atoms with E-state index < -0.39 is 5.82 Å². The largest absolute Gasteiger partial charge is 0.460 e. The monoisotopic (exact) mass is 398 g/mol. The molecule has 3 N–H and O–H groups in total. The third-order valence-corrected chi connectivity index (χ3v) is 3.37. The van der Waals surface area contributed by atoms with Crippen molar-refractivity contribution in [3.63, 3.8) is 0 Å². The lowest BCUT2D eigenvalue weighted by Gasteiger charge is -2.07. The van der Waals surface area contributed by atoms with Gasteiger partial charge in [0.2, 0.25) is 0 Å². The van der Waals surface area contributed by atoms with E-state index in [1.807, 2.05) is 12.1 Å². The van der Waals surface area contributed by atoms with Crippen molar-refractivity contribution in [3.8, 4) is 11.3 Å². The first kappa shape index (κ1) is 23.2. The van der Waals surface area contributed by atoms with E-state index in [9.17, 15) is 4.39 Å². The van der Waals surface area contributed by atoms with Gasteiger partial charge in [0.05, 0.1) is 17.7 Å². The Hall–Kier alpha value is -0.820. The molecule has 4 nitrogen and oxygen atoms in total. The Morgan fingerprint density at radius 2 is 1.88 bits per heavy atom. The summed E-state index contributed by atoms with van der Waals surface area (Å²) >= 11 is 5.77. The SMILES string of the molecule is CC(O)CNCCNCc1ccc(-c2ccc(F)c(Cl)c2)o1.Cl.Cl. The number of rotatable bonds is 8. The van der Waals surface area contributed by atoms with Gasteiger partial charge in [0.15, 0.2) is 0 Å². The third-order valence-electron chi connectivity index (χ3n) is 3.08. The molecule has 24 heavy (non-hydrogen) atoms. The fraction of sp³-hybridized carbons (Fsp3) is 0.375. The van der Waals surface area contributed by atoms with E-state index in [4.69, 9.17) is 21.1 Å². The van der Waals surface area contributed by atoms with Gasteiger partial charge in [-0.1, -0.05) is 11.6 Å². The maximum Gasteiger partial charge on any atom is 0.141 e. The van der Waals surface area contributed by atoms with E-state index in [2.05, 4.69) is 10.6 Å². The van der Waals surface area contributed by atoms with E-state index in [0.717, 1.165) is 24.4 Å². The third kappa shape index (κ3) is 7.38. The van der Waals surface area contributed by atoms with E-state index in [1.54, 1.807) is 19.1 Å². The molecule has 136 valence electrons. The molecule has 1 heterocycles. The van der Waals surface area contributed by atoms with Gasteiger partial charge in [-0.15, -0.1) is 24.8 Å². The molecule has 0 aliphatic heterocycles. The van der Waals surface area contributed by atoms with Crippen molar-refractivity contribution < 1.29 is 13.9 Å². The zero-order valence-corrected chi connectivity index (χ0v) is 15.6. The van der Waals surface area contributed by atoms with Crippen LogP contribution in [0.4, 0.5) is 4.39 Å². The van der Waals surface area contributed by atoms with Crippen molar-refractivity contribution in [3.05, 3.63) is 46.9 Å². The van der Waals surface area contributed by atoms with E-state index in [1.165, 1.54) is 6.07 Å². The molecule has 0 aliphatic carbocycles. The molecule has 1 atom stereocenters. The summed E-state index contributed by atoms with van der Waals surface area (Å²) < 4.78 is 18.8. The Bertz CT molecular complexity index is 609. The van der Waals surface area contributed by atoms with Gasteiger partial charge in [0, 0.05) is 25.2 Å². The summed E-state index contributed by atoms with van der Waals surface area (Å²) in [6.45, 7) is 4.47. The van der Waals surface area contributed by atoms with Gasteiger partial charge < -0.3 is 20.2 Å². The molecule has 0 bridgehead atoms. The van der Waals surface area contributed by atoms with Gasteiger partial charge in [0.1, 0.15) is 17.3 Å². The van der Waals surface area contributed by atoms with Crippen molar-refractivity contribution in [2.75, 3.05) is 19.6 Å². The lowest BCUT2D eigenvalue weighted by molar-refractivity contribution is 0.191. The van der Waals surface area contributed by atoms with Crippen molar-refractivity contribution in [1.29, 1.82) is 0 Å². The van der Waals surface area contributed by atoms with Crippen molar-refractivity contribution in [1.82, 2.24) is 10.6 Å². The van der Waals surface area contributed by atoms with E-state index >= 15 is 0 Å². The first-order valence-electron chi connectivity index (χ1n) is 7.20. The van der Waals surface area contributed by atoms with Gasteiger partial charge in [-0.2, -0.15) is 0 Å². The molecule has 0 aliphatic rings. The molecule has 1 unspecified atom stereocenters. The molecule has 0 amide bonds. The minimum absolute atomic E-state index is 0. The predicted molar refractivity (Wildman–Crippen MR) is 99.9 cm³/mol. The van der Waals surface area contributed by atoms with Crippen LogP contribution in [0.3, 0.4) is 0 Å². The van der Waals surface area contributed by atoms with E-state index in [-0.39, 0.29) is 35.9 Å². The zero-order chi connectivity index (χ0) is 15.9. The maximum absolute atomic E-state index is 13.1. The Morgan fingerprint density at radius 1 is 1.17 bits per heavy atom. The first-order valence-corrected chi connectivity index (χ1v) is 7.57. The topological polar surface area (TPSA) is 57.4 Å². The van der Waals surface area contributed by atoms with Gasteiger partial charge >= 0.3 is 0 Å². The molecule has 8 heteroatoms. The molecule has 0 saturated heterocycles. The van der Waals surface area contributed by atoms with Crippen LogP contribution in [0.25, 0.3) is 11.3 Å². The van der Waals surface area contributed by atoms with Crippen molar-refractivity contribution in [2.45, 2.75) is 19.6 Å². The normalized spacial score (nSPS) is 11.5. The number of halogens is 4. The van der Waals surface area contributed by atoms with Gasteiger partial charge in [-0.05, 0) is 37.3 Å². The summed E-state index contributed by atoms with van der Waals surface area (Å²) in [6.07, 6.45) is -0.338. The first-order chi connectivity index (χ1) is 10.6. The van der Waals surface area contributed by atoms with Gasteiger partial charge in [-0.25, -0.2) is 4.39 Å². The van der Waals surface area contributed by atoms with Crippen LogP contribution in [0.1, 0.15) is 12.7 Å². The highest BCUT2D eigenvalue weighted by Gasteiger charge is 2.07. The molecule has 2 aromatic rings. The van der Waals surface area contributed by atoms with Crippen LogP contribution in [-0.2, 0) is 6.54 Å². The molecule has 1 aromatic carbocycles. The molecular weight excluding hydrogens is 378 g/mol. The molecule has 2 rings (SSSR count). The lowest BCUT2D eigenvalue weighted by Crippen LogP contribution is -2.31. The number of aliphatic hydroxyl groups is 1. The van der Waals surface area contributed by atoms with E-state index in [0.29, 0.717) is 18.8 Å². The van der Waals surface area contributed by atoms with Gasteiger partial charge in [-0.3, -0.25) is 0 Å². The fourth-order valence-corrected chi connectivity index (χ4v) is 2.16. The van der Waals surface area contributed by atoms with Crippen LogP contribution in [0.15, 0.2) is 34.7 Å². The Kier molecular flexibility index (Phi) is 11.3. The summed E-state index contributed by atoms with van der Waals surface area (Å²) in [5.41, 5.74) is 0.747. The Labute approximate surface area is 158 Å². The Balaban J connectivity index is 0.00000264. The van der Waals surface area contributed by atoms with Gasteiger partial charge in [0.25, 0.3) is 0 Å². The number of hydrogen-bond acceptors (Lipinski definition) is 4. The second-order valence-corrected chi connectivity index (χ2v) is 5.53. The second kappa shape index (κ2) is 11.7. The van der Waals surface area contributed by atoms with Crippen LogP contribution in [0.2, 0.25) is 5.02 Å². The average Bonchev–Trinajstić information content (AvgIpc) is 2.94. The van der Waals surface area contributed by atoms with Crippen molar-refractivity contribution >= 4 is 36.4 Å². The van der Waals surface area contributed by atoms with Crippen LogP contribution >= 0.6 is 36.4 Å². The molecule has 0 fully saturated rings. The number of aliphatic hydroxyl groups excluding tert-OH is 1. The molecular formula is C16H22Cl3FN2O2. The van der Waals surface area contributed by atoms with Crippen LogP contribution in [0, 0.1) is 5.82 Å². The van der Waals surface area contributed by atoms with Crippen LogP contribution in [0.5, 0.6) is 0 Å². The molecule has 0 spiro atoms. The lowest BCUT2D eigenvalue weighted by atomic mass is 10.2. The Morgan fingerprint density at radius 3 is 2.54 bits per heavy atom. The highest BCUT2D eigenvalue weighted by Crippen LogP contribution is 2.26. The quantitative estimate of drug-likeness (QED) is 0.593. The predicted octanol–water partition coefficient (Wildman–Crippen LogP) is 3.64. The highest BCUT2D eigenvalue weighted by molar-refractivity contribution is 6.31. The minimum Gasteiger partial charge on any atom is -0.460 e. The summed E-state index contributed by atoms with van der Waals surface area (Å²) in [4.78, 5) is 0. The fourth-order valence-electron chi connectivity index (χ4n) is 1.98. The smallest absolute Gasteiger partial charge is 0.141 e. The molecule has 1 aromatic heterocycles. The summed E-state index contributed by atoms with van der Waals surface area (Å²) in [5.74, 6) is 1.01. The average molecular weight is 400 g/mol. The van der Waals surface area contributed by atoms with Crippen molar-refractivity contribution in [2.24, 2.45) is 0 Å². The van der Waals surface area contributed by atoms with Crippen LogP contribution < -0.4 is 10.6 Å². The molecule has 0 radical (unpaired) electrons. The number of furan rings is 1.